The number of aromatic nitrogens is 1. The van der Waals surface area contributed by atoms with Gasteiger partial charge in [-0.3, -0.25) is 4.79 Å². The van der Waals surface area contributed by atoms with E-state index in [9.17, 15) is 9.90 Å². The average molecular weight is 326 g/mol. The second kappa shape index (κ2) is 6.81. The van der Waals surface area contributed by atoms with Gasteiger partial charge in [0.2, 0.25) is 5.91 Å². The summed E-state index contributed by atoms with van der Waals surface area (Å²) in [5.41, 5.74) is 1.91. The van der Waals surface area contributed by atoms with Crippen LogP contribution in [0.4, 0.5) is 0 Å². The molecular formula is C18H18N2O2S. The van der Waals surface area contributed by atoms with Gasteiger partial charge < -0.3 is 15.0 Å². The van der Waals surface area contributed by atoms with Gasteiger partial charge >= 0.3 is 0 Å². The van der Waals surface area contributed by atoms with Crippen LogP contribution in [0.2, 0.25) is 0 Å². The molecule has 0 spiro atoms. The summed E-state index contributed by atoms with van der Waals surface area (Å²) in [5.74, 6) is -0.210. The molecule has 118 valence electrons. The molecule has 0 fully saturated rings. The molecule has 0 saturated heterocycles. The van der Waals surface area contributed by atoms with Gasteiger partial charge in [0.15, 0.2) is 0 Å². The molecule has 0 aliphatic heterocycles. The molecule has 23 heavy (non-hydrogen) atoms. The van der Waals surface area contributed by atoms with Crippen molar-refractivity contribution in [3.05, 3.63) is 64.5 Å². The molecule has 0 unspecified atom stereocenters. The summed E-state index contributed by atoms with van der Waals surface area (Å²) in [7, 11) is 1.98. The number of hydrogen-bond acceptors (Lipinski definition) is 3. The van der Waals surface area contributed by atoms with Crippen LogP contribution in [0, 0.1) is 0 Å². The molecule has 1 amide bonds. The van der Waals surface area contributed by atoms with E-state index in [4.69, 9.17) is 0 Å². The maximum atomic E-state index is 11.8. The largest absolute Gasteiger partial charge is 0.387 e. The van der Waals surface area contributed by atoms with E-state index in [1.54, 1.807) is 17.4 Å². The minimum atomic E-state index is -0.723. The maximum absolute atomic E-state index is 11.8. The SMILES string of the molecule is Cn1ccc2cc([C@@H](O)CNC(=O)/C=C/c3cccs3)ccc21. The fourth-order valence-corrected chi connectivity index (χ4v) is 3.04. The number of nitrogens with zero attached hydrogens (tertiary/aromatic N) is 1. The molecule has 2 heterocycles. The van der Waals surface area contributed by atoms with Crippen LogP contribution in [0.3, 0.4) is 0 Å². The van der Waals surface area contributed by atoms with Crippen LogP contribution >= 0.6 is 11.3 Å². The summed E-state index contributed by atoms with van der Waals surface area (Å²) >= 11 is 1.57. The van der Waals surface area contributed by atoms with E-state index >= 15 is 0 Å². The van der Waals surface area contributed by atoms with E-state index in [0.717, 1.165) is 21.3 Å². The van der Waals surface area contributed by atoms with Crippen molar-refractivity contribution in [2.45, 2.75) is 6.10 Å². The summed E-state index contributed by atoms with van der Waals surface area (Å²) in [6.07, 6.45) is 4.51. The Kier molecular flexibility index (Phi) is 4.60. The van der Waals surface area contributed by atoms with Crippen LogP contribution in [0.5, 0.6) is 0 Å². The summed E-state index contributed by atoms with van der Waals surface area (Å²) in [5, 5.41) is 16.0. The summed E-state index contributed by atoms with van der Waals surface area (Å²) in [6, 6.07) is 11.7. The van der Waals surface area contributed by atoms with Gasteiger partial charge in [-0.15, -0.1) is 11.3 Å². The van der Waals surface area contributed by atoms with Gasteiger partial charge in [-0.05, 0) is 46.7 Å². The lowest BCUT2D eigenvalue weighted by Gasteiger charge is -2.12. The number of thiophene rings is 1. The Morgan fingerprint density at radius 2 is 2.26 bits per heavy atom. The molecule has 0 bridgehead atoms. The first-order valence-electron chi connectivity index (χ1n) is 7.36. The number of carbonyl (C=O) groups excluding carboxylic acids is 1. The van der Waals surface area contributed by atoms with Gasteiger partial charge in [0.05, 0.1) is 6.10 Å². The molecule has 2 aromatic heterocycles. The lowest BCUT2D eigenvalue weighted by Crippen LogP contribution is -2.26. The molecule has 0 radical (unpaired) electrons. The maximum Gasteiger partial charge on any atom is 0.244 e. The molecule has 5 heteroatoms. The topological polar surface area (TPSA) is 54.3 Å². The second-order valence-corrected chi connectivity index (χ2v) is 6.33. The van der Waals surface area contributed by atoms with Crippen molar-refractivity contribution in [1.82, 2.24) is 9.88 Å². The molecule has 0 aliphatic carbocycles. The Hall–Kier alpha value is -2.37. The number of amides is 1. The number of aliphatic hydroxyl groups is 1. The van der Waals surface area contributed by atoms with Crippen LogP contribution in [0.1, 0.15) is 16.5 Å². The van der Waals surface area contributed by atoms with Gasteiger partial charge in [0.1, 0.15) is 0 Å². The molecule has 0 saturated carbocycles. The van der Waals surface area contributed by atoms with E-state index in [-0.39, 0.29) is 12.5 Å². The van der Waals surface area contributed by atoms with Crippen LogP contribution in [0.25, 0.3) is 17.0 Å². The zero-order valence-electron chi connectivity index (χ0n) is 12.8. The molecule has 3 aromatic rings. The van der Waals surface area contributed by atoms with E-state index < -0.39 is 6.10 Å². The Balaban J connectivity index is 1.59. The molecule has 1 aromatic carbocycles. The van der Waals surface area contributed by atoms with E-state index in [2.05, 4.69) is 5.32 Å². The van der Waals surface area contributed by atoms with E-state index in [1.807, 2.05) is 59.6 Å². The number of hydrogen-bond donors (Lipinski definition) is 2. The van der Waals surface area contributed by atoms with Crippen molar-refractivity contribution >= 4 is 34.2 Å². The number of fused-ring (bicyclic) bond motifs is 1. The Labute approximate surface area is 138 Å². The van der Waals surface area contributed by atoms with E-state index in [1.165, 1.54) is 6.08 Å². The van der Waals surface area contributed by atoms with E-state index in [0.29, 0.717) is 0 Å². The highest BCUT2D eigenvalue weighted by molar-refractivity contribution is 7.10. The molecule has 4 nitrogen and oxygen atoms in total. The number of benzene rings is 1. The smallest absolute Gasteiger partial charge is 0.244 e. The zero-order chi connectivity index (χ0) is 16.2. The van der Waals surface area contributed by atoms with Crippen molar-refractivity contribution in [1.29, 1.82) is 0 Å². The van der Waals surface area contributed by atoms with Crippen LogP contribution in [0.15, 0.2) is 54.1 Å². The molecule has 2 N–H and O–H groups in total. The number of aryl methyl sites for hydroxylation is 1. The summed E-state index contributed by atoms with van der Waals surface area (Å²) in [6.45, 7) is 0.186. The summed E-state index contributed by atoms with van der Waals surface area (Å²) < 4.78 is 2.03. The molecular weight excluding hydrogens is 308 g/mol. The van der Waals surface area contributed by atoms with Gasteiger partial charge in [-0.25, -0.2) is 0 Å². The van der Waals surface area contributed by atoms with Crippen LogP contribution in [-0.2, 0) is 11.8 Å². The first kappa shape index (κ1) is 15.5. The minimum Gasteiger partial charge on any atom is -0.387 e. The normalized spacial score (nSPS) is 12.8. The monoisotopic (exact) mass is 326 g/mol. The molecule has 3 rings (SSSR count). The first-order chi connectivity index (χ1) is 11.1. The number of rotatable bonds is 5. The van der Waals surface area contributed by atoms with Gasteiger partial charge in [0.25, 0.3) is 0 Å². The fourth-order valence-electron chi connectivity index (χ4n) is 2.43. The van der Waals surface area contributed by atoms with Gasteiger partial charge in [-0.2, -0.15) is 0 Å². The zero-order valence-corrected chi connectivity index (χ0v) is 13.6. The quantitative estimate of drug-likeness (QED) is 0.708. The number of carbonyl (C=O) groups is 1. The summed E-state index contributed by atoms with van der Waals surface area (Å²) in [4.78, 5) is 12.8. The van der Waals surface area contributed by atoms with Crippen molar-refractivity contribution in [3.63, 3.8) is 0 Å². The fraction of sp³-hybridized carbons (Fsp3) is 0.167. The van der Waals surface area contributed by atoms with Crippen molar-refractivity contribution in [2.24, 2.45) is 7.05 Å². The van der Waals surface area contributed by atoms with Crippen LogP contribution in [-0.4, -0.2) is 22.1 Å². The molecule has 0 aliphatic rings. The first-order valence-corrected chi connectivity index (χ1v) is 8.24. The van der Waals surface area contributed by atoms with Gasteiger partial charge in [-0.1, -0.05) is 12.1 Å². The predicted octanol–water partition coefficient (Wildman–Crippen LogP) is 3.10. The third-order valence-corrected chi connectivity index (χ3v) is 4.54. The number of aliphatic hydroxyl groups excluding tert-OH is 1. The standard InChI is InChI=1S/C18H18N2O2S/c1-20-9-8-13-11-14(4-6-16(13)20)17(21)12-19-18(22)7-5-15-3-2-10-23-15/h2-11,17,21H,12H2,1H3,(H,19,22)/b7-5+/t17-/m0/s1. The Morgan fingerprint density at radius 1 is 1.39 bits per heavy atom. The Bertz CT molecular complexity index is 834. The highest BCUT2D eigenvalue weighted by Crippen LogP contribution is 2.20. The van der Waals surface area contributed by atoms with Crippen molar-refractivity contribution in [3.8, 4) is 0 Å². The minimum absolute atomic E-state index is 0.186. The second-order valence-electron chi connectivity index (χ2n) is 5.35. The highest BCUT2D eigenvalue weighted by atomic mass is 32.1. The third-order valence-electron chi connectivity index (χ3n) is 3.71. The lowest BCUT2D eigenvalue weighted by molar-refractivity contribution is -0.116. The van der Waals surface area contributed by atoms with Crippen molar-refractivity contribution < 1.29 is 9.90 Å². The Morgan fingerprint density at radius 3 is 3.04 bits per heavy atom. The predicted molar refractivity (Wildman–Crippen MR) is 94.2 cm³/mol. The van der Waals surface area contributed by atoms with Gasteiger partial charge in [0, 0.05) is 36.3 Å². The van der Waals surface area contributed by atoms with Crippen LogP contribution < -0.4 is 5.32 Å². The lowest BCUT2D eigenvalue weighted by atomic mass is 10.1. The third kappa shape index (κ3) is 3.70. The highest BCUT2D eigenvalue weighted by Gasteiger charge is 2.10. The number of nitrogens with one attached hydrogen (secondary N) is 1. The molecule has 1 atom stereocenters. The average Bonchev–Trinajstić information content (AvgIpc) is 3.20. The van der Waals surface area contributed by atoms with Crippen molar-refractivity contribution in [2.75, 3.05) is 6.54 Å².